The molecule has 4 N–H and O–H groups in total. The highest BCUT2D eigenvalue weighted by Crippen LogP contribution is 2.34. The molecule has 3 aromatic carbocycles. The lowest BCUT2D eigenvalue weighted by Gasteiger charge is -2.15. The van der Waals surface area contributed by atoms with Gasteiger partial charge in [-0.3, -0.25) is 5.10 Å². The van der Waals surface area contributed by atoms with Crippen molar-refractivity contribution < 1.29 is 9.53 Å². The molecule has 4 aromatic rings. The predicted octanol–water partition coefficient (Wildman–Crippen LogP) is 5.12. The number of ether oxygens (including phenoxy) is 1. The van der Waals surface area contributed by atoms with Gasteiger partial charge in [0, 0.05) is 36.6 Å². The third-order valence-corrected chi connectivity index (χ3v) is 5.15. The Morgan fingerprint density at radius 1 is 1.00 bits per heavy atom. The predicted molar refractivity (Wildman–Crippen MR) is 128 cm³/mol. The zero-order valence-electron chi connectivity index (χ0n) is 18.0. The summed E-state index contributed by atoms with van der Waals surface area (Å²) < 4.78 is 5.39. The number of hydrogen-bond acceptors (Lipinski definition) is 4. The fourth-order valence-electron chi connectivity index (χ4n) is 3.46. The number of nitrogens with zero attached hydrogens (tertiary/aromatic N) is 1. The van der Waals surface area contributed by atoms with E-state index in [1.54, 1.807) is 13.3 Å². The standard InChI is InChI=1S/C25H25N5O2/c1-26-21-7-3-5-17(11-21)14-27-25(31)30-24-10-9-18(20-15-28-29-16-20)13-23(24)19-6-4-8-22(12-19)32-2/h3-13,15-16,26H,14H2,1-2H3,(H,28,29)(H2,27,30,31). The third kappa shape index (κ3) is 4.89. The number of benzene rings is 3. The highest BCUT2D eigenvalue weighted by Gasteiger charge is 2.12. The van der Waals surface area contributed by atoms with Crippen molar-refractivity contribution in [1.82, 2.24) is 15.5 Å². The first-order valence-electron chi connectivity index (χ1n) is 10.3. The van der Waals surface area contributed by atoms with Crippen LogP contribution in [0.4, 0.5) is 16.2 Å². The Hall–Kier alpha value is -4.26. The summed E-state index contributed by atoms with van der Waals surface area (Å²) in [5.74, 6) is 0.746. The molecule has 0 bridgehead atoms. The maximum atomic E-state index is 12.7. The lowest BCUT2D eigenvalue weighted by molar-refractivity contribution is 0.252. The average Bonchev–Trinajstić information content (AvgIpc) is 3.38. The summed E-state index contributed by atoms with van der Waals surface area (Å²) in [6.07, 6.45) is 3.60. The van der Waals surface area contributed by atoms with Crippen LogP contribution in [0.25, 0.3) is 22.3 Å². The lowest BCUT2D eigenvalue weighted by Crippen LogP contribution is -2.28. The number of H-pyrrole nitrogens is 1. The van der Waals surface area contributed by atoms with Gasteiger partial charge in [-0.1, -0.05) is 30.3 Å². The number of nitrogens with one attached hydrogen (secondary N) is 4. The number of aromatic amines is 1. The Bertz CT molecular complexity index is 1200. The minimum absolute atomic E-state index is 0.278. The molecule has 0 aliphatic rings. The van der Waals surface area contributed by atoms with Gasteiger partial charge in [-0.05, 0) is 53.1 Å². The maximum absolute atomic E-state index is 12.7. The fraction of sp³-hybridized carbons (Fsp3) is 0.120. The van der Waals surface area contributed by atoms with Crippen LogP contribution in [0.3, 0.4) is 0 Å². The smallest absolute Gasteiger partial charge is 0.319 e. The van der Waals surface area contributed by atoms with Crippen LogP contribution in [0, 0.1) is 0 Å². The molecular formula is C25H25N5O2. The van der Waals surface area contributed by atoms with Crippen molar-refractivity contribution in [3.05, 3.63) is 84.7 Å². The van der Waals surface area contributed by atoms with Crippen LogP contribution >= 0.6 is 0 Å². The second-order valence-electron chi connectivity index (χ2n) is 7.24. The lowest BCUT2D eigenvalue weighted by atomic mass is 9.98. The Labute approximate surface area is 186 Å². The van der Waals surface area contributed by atoms with Gasteiger partial charge in [-0.2, -0.15) is 5.10 Å². The SMILES string of the molecule is CNc1cccc(CNC(=O)Nc2ccc(-c3cn[nH]c3)cc2-c2cccc(OC)c2)c1. The number of rotatable bonds is 7. The molecule has 1 aromatic heterocycles. The molecule has 0 aliphatic carbocycles. The van der Waals surface area contributed by atoms with E-state index in [4.69, 9.17) is 4.74 Å². The normalized spacial score (nSPS) is 10.4. The zero-order valence-corrected chi connectivity index (χ0v) is 18.0. The molecule has 0 aliphatic heterocycles. The molecule has 7 nitrogen and oxygen atoms in total. The number of anilines is 2. The molecule has 4 rings (SSSR count). The van der Waals surface area contributed by atoms with Gasteiger partial charge in [-0.25, -0.2) is 4.79 Å². The van der Waals surface area contributed by atoms with E-state index in [1.165, 1.54) is 0 Å². The van der Waals surface area contributed by atoms with E-state index < -0.39 is 0 Å². The third-order valence-electron chi connectivity index (χ3n) is 5.15. The average molecular weight is 428 g/mol. The number of hydrogen-bond donors (Lipinski definition) is 4. The molecule has 32 heavy (non-hydrogen) atoms. The molecule has 0 saturated carbocycles. The van der Waals surface area contributed by atoms with Crippen LogP contribution in [0.15, 0.2) is 79.1 Å². The van der Waals surface area contributed by atoms with Crippen molar-refractivity contribution in [1.29, 1.82) is 0 Å². The molecule has 7 heteroatoms. The van der Waals surface area contributed by atoms with Gasteiger partial charge in [-0.15, -0.1) is 0 Å². The van der Waals surface area contributed by atoms with E-state index in [9.17, 15) is 4.79 Å². The molecule has 0 saturated heterocycles. The van der Waals surface area contributed by atoms with Gasteiger partial charge in [0.05, 0.1) is 19.0 Å². The first-order valence-corrected chi connectivity index (χ1v) is 10.3. The monoisotopic (exact) mass is 427 g/mol. The molecular weight excluding hydrogens is 402 g/mol. The Morgan fingerprint density at radius 2 is 1.88 bits per heavy atom. The summed E-state index contributed by atoms with van der Waals surface area (Å²) >= 11 is 0. The molecule has 2 amide bonds. The van der Waals surface area contributed by atoms with E-state index in [0.717, 1.165) is 39.3 Å². The summed E-state index contributed by atoms with van der Waals surface area (Å²) in [6.45, 7) is 0.420. The summed E-state index contributed by atoms with van der Waals surface area (Å²) in [5.41, 5.74) is 6.49. The molecule has 162 valence electrons. The first-order chi connectivity index (χ1) is 15.7. The highest BCUT2D eigenvalue weighted by molar-refractivity contribution is 5.95. The van der Waals surface area contributed by atoms with Crippen molar-refractivity contribution in [2.24, 2.45) is 0 Å². The fourth-order valence-corrected chi connectivity index (χ4v) is 3.46. The molecule has 1 heterocycles. The highest BCUT2D eigenvalue weighted by atomic mass is 16.5. The van der Waals surface area contributed by atoms with Crippen LogP contribution in [-0.4, -0.2) is 30.4 Å². The van der Waals surface area contributed by atoms with Crippen molar-refractivity contribution in [2.45, 2.75) is 6.54 Å². The first kappa shape index (κ1) is 21.0. The largest absolute Gasteiger partial charge is 0.497 e. The molecule has 0 radical (unpaired) electrons. The number of urea groups is 1. The number of amides is 2. The second-order valence-corrected chi connectivity index (χ2v) is 7.24. The van der Waals surface area contributed by atoms with Crippen molar-refractivity contribution in [3.63, 3.8) is 0 Å². The summed E-state index contributed by atoms with van der Waals surface area (Å²) in [5, 5.41) is 15.9. The van der Waals surface area contributed by atoms with Crippen LogP contribution in [0.5, 0.6) is 5.75 Å². The van der Waals surface area contributed by atoms with Gasteiger partial charge < -0.3 is 20.7 Å². The number of carbonyl (C=O) groups excluding carboxylic acids is 1. The topological polar surface area (TPSA) is 91.1 Å². The molecule has 0 unspecified atom stereocenters. The van der Waals surface area contributed by atoms with E-state index in [-0.39, 0.29) is 6.03 Å². The van der Waals surface area contributed by atoms with Crippen molar-refractivity contribution in [3.8, 4) is 28.0 Å². The zero-order chi connectivity index (χ0) is 22.3. The van der Waals surface area contributed by atoms with Gasteiger partial charge in [0.15, 0.2) is 0 Å². The van der Waals surface area contributed by atoms with E-state index in [0.29, 0.717) is 12.2 Å². The summed E-state index contributed by atoms with van der Waals surface area (Å²) in [4.78, 5) is 12.7. The van der Waals surface area contributed by atoms with E-state index in [1.807, 2.05) is 80.0 Å². The van der Waals surface area contributed by atoms with Crippen LogP contribution < -0.4 is 20.7 Å². The van der Waals surface area contributed by atoms with Crippen molar-refractivity contribution in [2.75, 3.05) is 24.8 Å². The van der Waals surface area contributed by atoms with Gasteiger partial charge in [0.25, 0.3) is 0 Å². The van der Waals surface area contributed by atoms with Gasteiger partial charge in [0.1, 0.15) is 5.75 Å². The summed E-state index contributed by atoms with van der Waals surface area (Å²) in [7, 11) is 3.50. The van der Waals surface area contributed by atoms with E-state index in [2.05, 4.69) is 26.1 Å². The van der Waals surface area contributed by atoms with Crippen LogP contribution in [0.2, 0.25) is 0 Å². The Morgan fingerprint density at radius 3 is 2.66 bits per heavy atom. The molecule has 0 fully saturated rings. The minimum Gasteiger partial charge on any atom is -0.497 e. The molecule has 0 spiro atoms. The van der Waals surface area contributed by atoms with Gasteiger partial charge >= 0.3 is 6.03 Å². The van der Waals surface area contributed by atoms with Crippen LogP contribution in [-0.2, 0) is 6.54 Å². The Kier molecular flexibility index (Phi) is 6.36. The summed E-state index contributed by atoms with van der Waals surface area (Å²) in [6, 6.07) is 21.3. The minimum atomic E-state index is -0.278. The number of carbonyl (C=O) groups is 1. The second kappa shape index (κ2) is 9.70. The van der Waals surface area contributed by atoms with E-state index >= 15 is 0 Å². The van der Waals surface area contributed by atoms with Crippen molar-refractivity contribution >= 4 is 17.4 Å². The number of aromatic nitrogens is 2. The van der Waals surface area contributed by atoms with Crippen LogP contribution in [0.1, 0.15) is 5.56 Å². The van der Waals surface area contributed by atoms with Gasteiger partial charge in [0.2, 0.25) is 0 Å². The molecule has 0 atom stereocenters. The number of methoxy groups -OCH3 is 1. The maximum Gasteiger partial charge on any atom is 0.319 e. The Balaban J connectivity index is 1.58. The quantitative estimate of drug-likeness (QED) is 0.330.